The van der Waals surface area contributed by atoms with E-state index in [9.17, 15) is 9.59 Å². The maximum atomic E-state index is 12.8. The van der Waals surface area contributed by atoms with Crippen molar-refractivity contribution in [2.45, 2.75) is 13.0 Å². The molecule has 4 rings (SSSR count). The number of fused-ring (bicyclic) bond motifs is 1. The molecule has 1 aliphatic heterocycles. The van der Waals surface area contributed by atoms with Crippen LogP contribution < -0.4 is 5.69 Å². The third-order valence-electron chi connectivity index (χ3n) is 4.52. The monoisotopic (exact) mass is 307 g/mol. The van der Waals surface area contributed by atoms with Crippen molar-refractivity contribution >= 4 is 16.9 Å². The maximum Gasteiger partial charge on any atom is 0.323 e. The van der Waals surface area contributed by atoms with Gasteiger partial charge < -0.3 is 14.9 Å². The van der Waals surface area contributed by atoms with Gasteiger partial charge in [-0.15, -0.1) is 0 Å². The van der Waals surface area contributed by atoms with E-state index in [0.717, 1.165) is 12.1 Å². The minimum absolute atomic E-state index is 0.000835. The number of imidazole rings is 1. The number of benzene rings is 2. The third-order valence-corrected chi connectivity index (χ3v) is 4.52. The fourth-order valence-corrected chi connectivity index (χ4v) is 3.39. The van der Waals surface area contributed by atoms with Crippen molar-refractivity contribution in [1.82, 2.24) is 14.9 Å². The molecule has 116 valence electrons. The lowest BCUT2D eigenvalue weighted by atomic mass is 9.84. The van der Waals surface area contributed by atoms with Crippen molar-refractivity contribution in [2.24, 2.45) is 5.92 Å². The molecule has 0 aliphatic carbocycles. The molecule has 1 aromatic heterocycles. The zero-order valence-corrected chi connectivity index (χ0v) is 12.7. The number of amides is 1. The normalized spacial score (nSPS) is 20.5. The summed E-state index contributed by atoms with van der Waals surface area (Å²) in [5, 5.41) is 0. The van der Waals surface area contributed by atoms with Gasteiger partial charge in [-0.2, -0.15) is 0 Å². The summed E-state index contributed by atoms with van der Waals surface area (Å²) in [5.74, 6) is 0.443. The van der Waals surface area contributed by atoms with Gasteiger partial charge in [0, 0.05) is 12.1 Å². The summed E-state index contributed by atoms with van der Waals surface area (Å²) < 4.78 is 0. The number of likely N-dealkylation sites (tertiary alicyclic amines) is 1. The second-order valence-corrected chi connectivity index (χ2v) is 6.13. The molecule has 0 saturated carbocycles. The average Bonchev–Trinajstić information content (AvgIpc) is 2.92. The Kier molecular flexibility index (Phi) is 3.08. The highest BCUT2D eigenvalue weighted by Gasteiger charge is 2.40. The topological polar surface area (TPSA) is 69.0 Å². The Hall–Kier alpha value is -2.82. The fourth-order valence-electron chi connectivity index (χ4n) is 3.39. The van der Waals surface area contributed by atoms with Crippen molar-refractivity contribution in [3.8, 4) is 0 Å². The van der Waals surface area contributed by atoms with Gasteiger partial charge in [0.05, 0.1) is 17.1 Å². The van der Waals surface area contributed by atoms with Gasteiger partial charge in [-0.1, -0.05) is 37.3 Å². The predicted molar refractivity (Wildman–Crippen MR) is 88.3 cm³/mol. The number of aromatic nitrogens is 2. The summed E-state index contributed by atoms with van der Waals surface area (Å²) in [4.78, 5) is 31.5. The van der Waals surface area contributed by atoms with Crippen LogP contribution in [0.2, 0.25) is 0 Å². The highest BCUT2D eigenvalue weighted by molar-refractivity contribution is 5.98. The molecule has 0 radical (unpaired) electrons. The molecule has 5 heteroatoms. The average molecular weight is 307 g/mol. The molecule has 0 bridgehead atoms. The second-order valence-electron chi connectivity index (χ2n) is 6.13. The zero-order valence-electron chi connectivity index (χ0n) is 12.7. The lowest BCUT2D eigenvalue weighted by Crippen LogP contribution is -2.51. The van der Waals surface area contributed by atoms with Gasteiger partial charge in [0.2, 0.25) is 0 Å². The molecule has 5 nitrogen and oxygen atoms in total. The Bertz CT molecular complexity index is 926. The Morgan fingerprint density at radius 1 is 1.09 bits per heavy atom. The number of nitrogens with zero attached hydrogens (tertiary/aromatic N) is 1. The van der Waals surface area contributed by atoms with Crippen LogP contribution in [0.3, 0.4) is 0 Å². The summed E-state index contributed by atoms with van der Waals surface area (Å²) in [6.45, 7) is 2.91. The molecule has 2 atom stereocenters. The van der Waals surface area contributed by atoms with Crippen LogP contribution in [0.15, 0.2) is 53.3 Å². The first-order valence-electron chi connectivity index (χ1n) is 7.71. The highest BCUT2D eigenvalue weighted by atomic mass is 16.2. The Labute approximate surface area is 133 Å². The number of H-pyrrole nitrogens is 2. The molecule has 0 spiro atoms. The molecule has 1 saturated heterocycles. The predicted octanol–water partition coefficient (Wildman–Crippen LogP) is 2.69. The number of carbonyl (C=O) groups is 1. The van der Waals surface area contributed by atoms with E-state index in [4.69, 9.17) is 0 Å². The molecule has 2 heterocycles. The number of hydrogen-bond donors (Lipinski definition) is 2. The molecule has 1 aliphatic rings. The molecule has 0 unspecified atom stereocenters. The highest BCUT2D eigenvalue weighted by Crippen LogP contribution is 2.39. The third kappa shape index (κ3) is 2.25. The van der Waals surface area contributed by atoms with E-state index in [1.807, 2.05) is 23.1 Å². The van der Waals surface area contributed by atoms with E-state index in [-0.39, 0.29) is 17.6 Å². The van der Waals surface area contributed by atoms with Crippen LogP contribution in [0.5, 0.6) is 0 Å². The Morgan fingerprint density at radius 2 is 1.83 bits per heavy atom. The molecule has 23 heavy (non-hydrogen) atoms. The zero-order chi connectivity index (χ0) is 16.0. The van der Waals surface area contributed by atoms with E-state index < -0.39 is 0 Å². The fraction of sp³-hybridized carbons (Fsp3) is 0.222. The summed E-state index contributed by atoms with van der Waals surface area (Å²) in [5.41, 5.74) is 2.87. The van der Waals surface area contributed by atoms with E-state index in [0.29, 0.717) is 22.5 Å². The molecule has 2 N–H and O–H groups in total. The summed E-state index contributed by atoms with van der Waals surface area (Å²) in [7, 11) is 0. The van der Waals surface area contributed by atoms with Gasteiger partial charge in [0.25, 0.3) is 5.91 Å². The molecule has 3 aromatic rings. The first-order chi connectivity index (χ1) is 11.1. The van der Waals surface area contributed by atoms with E-state index in [1.165, 1.54) is 0 Å². The van der Waals surface area contributed by atoms with Crippen molar-refractivity contribution in [1.29, 1.82) is 0 Å². The van der Waals surface area contributed by atoms with Gasteiger partial charge in [0.15, 0.2) is 0 Å². The van der Waals surface area contributed by atoms with E-state index in [1.54, 1.807) is 18.2 Å². The molecule has 1 fully saturated rings. The number of nitrogens with one attached hydrogen (secondary N) is 2. The van der Waals surface area contributed by atoms with Crippen LogP contribution in [-0.2, 0) is 0 Å². The van der Waals surface area contributed by atoms with E-state index >= 15 is 0 Å². The smallest absolute Gasteiger partial charge is 0.323 e. The van der Waals surface area contributed by atoms with Gasteiger partial charge >= 0.3 is 5.69 Å². The van der Waals surface area contributed by atoms with Crippen LogP contribution >= 0.6 is 0 Å². The van der Waals surface area contributed by atoms with Gasteiger partial charge in [-0.05, 0) is 29.7 Å². The van der Waals surface area contributed by atoms with Crippen molar-refractivity contribution < 1.29 is 4.79 Å². The maximum absolute atomic E-state index is 12.8. The minimum atomic E-state index is -0.260. The summed E-state index contributed by atoms with van der Waals surface area (Å²) in [6.07, 6.45) is 0. The minimum Gasteiger partial charge on any atom is -0.331 e. The number of hydrogen-bond acceptors (Lipinski definition) is 2. The molecular weight excluding hydrogens is 290 g/mol. The first-order valence-corrected chi connectivity index (χ1v) is 7.71. The SMILES string of the molecule is C[C@@H]1CN(C(=O)c2ccc3[nH]c(=O)[nH]c3c2)[C@@H]1c1ccccc1. The van der Waals surface area contributed by atoms with Crippen molar-refractivity contribution in [3.05, 3.63) is 70.1 Å². The van der Waals surface area contributed by atoms with Crippen LogP contribution in [0.4, 0.5) is 0 Å². The largest absolute Gasteiger partial charge is 0.331 e. The quantitative estimate of drug-likeness (QED) is 0.764. The standard InChI is InChI=1S/C18H17N3O2/c1-11-10-21(16(11)12-5-3-2-4-6-12)17(22)13-7-8-14-15(9-13)20-18(23)19-14/h2-9,11,16H,10H2,1H3,(H2,19,20,23)/t11-,16+/m1/s1. The number of rotatable bonds is 2. The summed E-state index contributed by atoms with van der Waals surface area (Å²) >= 11 is 0. The van der Waals surface area contributed by atoms with Crippen LogP contribution in [0.1, 0.15) is 28.9 Å². The van der Waals surface area contributed by atoms with Gasteiger partial charge in [0.1, 0.15) is 0 Å². The Morgan fingerprint density at radius 3 is 2.57 bits per heavy atom. The lowest BCUT2D eigenvalue weighted by Gasteiger charge is -2.47. The molecule has 2 aromatic carbocycles. The van der Waals surface area contributed by atoms with E-state index in [2.05, 4.69) is 29.0 Å². The van der Waals surface area contributed by atoms with Crippen LogP contribution in [-0.4, -0.2) is 27.3 Å². The Balaban J connectivity index is 1.66. The molecular formula is C18H17N3O2. The first kappa shape index (κ1) is 13.8. The summed E-state index contributed by atoms with van der Waals surface area (Å²) in [6, 6.07) is 15.5. The van der Waals surface area contributed by atoms with Crippen molar-refractivity contribution in [2.75, 3.05) is 6.54 Å². The second kappa shape index (κ2) is 5.12. The molecule has 1 amide bonds. The van der Waals surface area contributed by atoms with Crippen LogP contribution in [0.25, 0.3) is 11.0 Å². The number of aromatic amines is 2. The van der Waals surface area contributed by atoms with Gasteiger partial charge in [-0.25, -0.2) is 4.79 Å². The van der Waals surface area contributed by atoms with Crippen LogP contribution in [0, 0.1) is 5.92 Å². The number of carbonyl (C=O) groups excluding carboxylic acids is 1. The van der Waals surface area contributed by atoms with Crippen molar-refractivity contribution in [3.63, 3.8) is 0 Å². The lowest BCUT2D eigenvalue weighted by molar-refractivity contribution is 0.0198. The van der Waals surface area contributed by atoms with Gasteiger partial charge in [-0.3, -0.25) is 4.79 Å².